The molecular weight excluding hydrogens is 457 g/mol. The molecule has 0 fully saturated rings. The van der Waals surface area contributed by atoms with Crippen molar-refractivity contribution >= 4 is 33.1 Å². The second kappa shape index (κ2) is 9.62. The zero-order chi connectivity index (χ0) is 23.5. The molecule has 2 aromatic heterocycles. The molecule has 1 N–H and O–H groups in total. The van der Waals surface area contributed by atoms with Crippen LogP contribution in [0.5, 0.6) is 5.75 Å². The van der Waals surface area contributed by atoms with Gasteiger partial charge in [0.25, 0.3) is 0 Å². The average Bonchev–Trinajstić information content (AvgIpc) is 2.70. The molecule has 0 atom stereocenters. The maximum atomic E-state index is 13.6. The van der Waals surface area contributed by atoms with Crippen LogP contribution in [-0.2, 0) is 15.8 Å². The summed E-state index contributed by atoms with van der Waals surface area (Å²) in [6.07, 6.45) is 2.19. The molecule has 0 amide bonds. The first-order chi connectivity index (χ1) is 15.0. The smallest absolute Gasteiger partial charge is 0.236 e. The number of nitrogens with one attached hydrogen (secondary N) is 1. The van der Waals surface area contributed by atoms with E-state index in [2.05, 4.69) is 14.7 Å². The number of hydrogen-bond acceptors (Lipinski definition) is 6. The summed E-state index contributed by atoms with van der Waals surface area (Å²) in [5.41, 5.74) is 0.452. The number of ketones is 1. The first kappa shape index (κ1) is 23.6. The standard InChI is InChI=1S/C22H21ClFN3O4S/c1-13(2)31-18-6-4-15(5-7-18)12-32(29,30)27-20-8-16(23)10-26-21(20)22(28)19-9-17(24)11-25-14(19)3/h4-11,13,27H,12H2,1-3H3. The minimum Gasteiger partial charge on any atom is -0.491 e. The number of carbonyl (C=O) groups excluding carboxylic acids is 1. The van der Waals surface area contributed by atoms with Crippen molar-refractivity contribution in [3.8, 4) is 5.75 Å². The molecule has 0 aliphatic rings. The van der Waals surface area contributed by atoms with Crippen LogP contribution in [-0.4, -0.2) is 30.3 Å². The first-order valence-electron chi connectivity index (χ1n) is 9.62. The number of aryl methyl sites for hydroxylation is 1. The van der Waals surface area contributed by atoms with Crippen molar-refractivity contribution in [2.24, 2.45) is 0 Å². The fourth-order valence-corrected chi connectivity index (χ4v) is 4.27. The van der Waals surface area contributed by atoms with Gasteiger partial charge in [-0.1, -0.05) is 23.7 Å². The molecule has 0 spiro atoms. The molecule has 7 nitrogen and oxygen atoms in total. The fraction of sp³-hybridized carbons (Fsp3) is 0.227. The van der Waals surface area contributed by atoms with E-state index in [-0.39, 0.29) is 39.5 Å². The zero-order valence-corrected chi connectivity index (χ0v) is 19.2. The Morgan fingerprint density at radius 2 is 1.84 bits per heavy atom. The van der Waals surface area contributed by atoms with Crippen molar-refractivity contribution in [3.63, 3.8) is 0 Å². The van der Waals surface area contributed by atoms with Crippen molar-refractivity contribution < 1.29 is 22.3 Å². The molecule has 10 heteroatoms. The van der Waals surface area contributed by atoms with Crippen LogP contribution in [0.4, 0.5) is 10.1 Å². The van der Waals surface area contributed by atoms with E-state index < -0.39 is 21.6 Å². The number of aromatic nitrogens is 2. The maximum absolute atomic E-state index is 13.6. The lowest BCUT2D eigenvalue weighted by atomic mass is 10.1. The minimum absolute atomic E-state index is 0.00513. The third-order valence-corrected chi connectivity index (χ3v) is 5.74. The molecule has 168 valence electrons. The van der Waals surface area contributed by atoms with Crippen molar-refractivity contribution in [3.05, 3.63) is 82.1 Å². The Hall–Kier alpha value is -3.04. The van der Waals surface area contributed by atoms with Gasteiger partial charge in [-0.25, -0.2) is 17.8 Å². The molecule has 3 aromatic rings. The molecule has 0 saturated carbocycles. The lowest BCUT2D eigenvalue weighted by Crippen LogP contribution is -2.19. The quantitative estimate of drug-likeness (QED) is 0.478. The number of rotatable bonds is 8. The van der Waals surface area contributed by atoms with Gasteiger partial charge in [-0.3, -0.25) is 14.5 Å². The highest BCUT2D eigenvalue weighted by Crippen LogP contribution is 2.25. The normalized spacial score (nSPS) is 11.4. The van der Waals surface area contributed by atoms with E-state index in [1.165, 1.54) is 12.3 Å². The third-order valence-electron chi connectivity index (χ3n) is 4.28. The Bertz CT molecular complexity index is 1250. The van der Waals surface area contributed by atoms with Gasteiger partial charge in [-0.05, 0) is 50.6 Å². The van der Waals surface area contributed by atoms with Crippen LogP contribution in [0.1, 0.15) is 41.2 Å². The van der Waals surface area contributed by atoms with E-state index in [1.807, 2.05) is 13.8 Å². The number of nitrogens with zero attached hydrogens (tertiary/aromatic N) is 2. The number of ether oxygens (including phenoxy) is 1. The van der Waals surface area contributed by atoms with Gasteiger partial charge in [0.2, 0.25) is 15.8 Å². The molecule has 0 saturated heterocycles. The largest absolute Gasteiger partial charge is 0.491 e. The molecule has 3 rings (SSSR count). The number of halogens is 2. The SMILES string of the molecule is Cc1ncc(F)cc1C(=O)c1ncc(Cl)cc1NS(=O)(=O)Cc1ccc(OC(C)C)cc1. The number of hydrogen-bond donors (Lipinski definition) is 1. The summed E-state index contributed by atoms with van der Waals surface area (Å²) in [7, 11) is -3.93. The second-order valence-corrected chi connectivity index (χ2v) is 9.50. The molecule has 0 unspecified atom stereocenters. The summed E-state index contributed by atoms with van der Waals surface area (Å²) in [5.74, 6) is -1.10. The minimum atomic E-state index is -3.93. The van der Waals surface area contributed by atoms with Crippen LogP contribution in [0.15, 0.2) is 48.8 Å². The number of sulfonamides is 1. The maximum Gasteiger partial charge on any atom is 0.236 e. The topological polar surface area (TPSA) is 98.3 Å². The highest BCUT2D eigenvalue weighted by Gasteiger charge is 2.22. The van der Waals surface area contributed by atoms with Gasteiger partial charge in [0.15, 0.2) is 0 Å². The van der Waals surface area contributed by atoms with Crippen molar-refractivity contribution in [2.45, 2.75) is 32.6 Å². The fourth-order valence-electron chi connectivity index (χ4n) is 2.92. The van der Waals surface area contributed by atoms with Crippen LogP contribution in [0.25, 0.3) is 0 Å². The Morgan fingerprint density at radius 3 is 2.50 bits per heavy atom. The summed E-state index contributed by atoms with van der Waals surface area (Å²) in [6, 6.07) is 8.95. The van der Waals surface area contributed by atoms with Gasteiger partial charge < -0.3 is 4.74 Å². The second-order valence-electron chi connectivity index (χ2n) is 7.34. The monoisotopic (exact) mass is 477 g/mol. The van der Waals surface area contributed by atoms with Crippen LogP contribution < -0.4 is 9.46 Å². The van der Waals surface area contributed by atoms with Gasteiger partial charge >= 0.3 is 0 Å². The summed E-state index contributed by atoms with van der Waals surface area (Å²) in [6.45, 7) is 5.32. The average molecular weight is 478 g/mol. The number of anilines is 1. The Labute approximate surface area is 190 Å². The summed E-state index contributed by atoms with van der Waals surface area (Å²) < 4.78 is 47.1. The van der Waals surface area contributed by atoms with Crippen molar-refractivity contribution in [1.29, 1.82) is 0 Å². The lowest BCUT2D eigenvalue weighted by molar-refractivity contribution is 0.103. The van der Waals surface area contributed by atoms with Crippen LogP contribution in [0.2, 0.25) is 5.02 Å². The van der Waals surface area contributed by atoms with Gasteiger partial charge in [-0.15, -0.1) is 0 Å². The van der Waals surface area contributed by atoms with Gasteiger partial charge in [0, 0.05) is 17.5 Å². The predicted molar refractivity (Wildman–Crippen MR) is 120 cm³/mol. The number of benzene rings is 1. The number of carbonyl (C=O) groups is 1. The van der Waals surface area contributed by atoms with Crippen LogP contribution in [0, 0.1) is 12.7 Å². The Morgan fingerprint density at radius 1 is 1.16 bits per heavy atom. The van der Waals surface area contributed by atoms with E-state index in [4.69, 9.17) is 16.3 Å². The van der Waals surface area contributed by atoms with E-state index >= 15 is 0 Å². The van der Waals surface area contributed by atoms with E-state index in [1.54, 1.807) is 31.2 Å². The van der Waals surface area contributed by atoms with E-state index in [0.717, 1.165) is 12.3 Å². The molecule has 0 aliphatic carbocycles. The summed E-state index contributed by atoms with van der Waals surface area (Å²) in [4.78, 5) is 20.8. The zero-order valence-electron chi connectivity index (χ0n) is 17.6. The van der Waals surface area contributed by atoms with Crippen molar-refractivity contribution in [2.75, 3.05) is 4.72 Å². The van der Waals surface area contributed by atoms with Crippen LogP contribution in [0.3, 0.4) is 0 Å². The lowest BCUT2D eigenvalue weighted by Gasteiger charge is -2.13. The van der Waals surface area contributed by atoms with Gasteiger partial charge in [0.05, 0.1) is 28.8 Å². The van der Waals surface area contributed by atoms with Crippen molar-refractivity contribution in [1.82, 2.24) is 9.97 Å². The van der Waals surface area contributed by atoms with Gasteiger partial charge in [-0.2, -0.15) is 0 Å². The predicted octanol–water partition coefficient (Wildman–Crippen LogP) is 4.54. The highest BCUT2D eigenvalue weighted by molar-refractivity contribution is 7.91. The molecular formula is C22H21ClFN3O4S. The molecule has 2 heterocycles. The first-order valence-corrected chi connectivity index (χ1v) is 11.7. The summed E-state index contributed by atoms with van der Waals surface area (Å²) in [5, 5.41) is 0.128. The molecule has 32 heavy (non-hydrogen) atoms. The third kappa shape index (κ3) is 6.02. The molecule has 0 radical (unpaired) electrons. The Kier molecular flexibility index (Phi) is 7.10. The molecule has 1 aromatic carbocycles. The summed E-state index contributed by atoms with van der Waals surface area (Å²) >= 11 is 5.98. The molecule has 0 aliphatic heterocycles. The van der Waals surface area contributed by atoms with E-state index in [0.29, 0.717) is 11.3 Å². The highest BCUT2D eigenvalue weighted by atomic mass is 35.5. The van der Waals surface area contributed by atoms with E-state index in [9.17, 15) is 17.6 Å². The Balaban J connectivity index is 1.87. The molecule has 0 bridgehead atoms. The van der Waals surface area contributed by atoms with Gasteiger partial charge in [0.1, 0.15) is 17.3 Å². The van der Waals surface area contributed by atoms with Crippen LogP contribution >= 0.6 is 11.6 Å². The number of pyridine rings is 2.